The molecule has 0 spiro atoms. The van der Waals surface area contributed by atoms with E-state index in [1.165, 1.54) is 0 Å². The van der Waals surface area contributed by atoms with E-state index in [1.54, 1.807) is 0 Å². The first-order valence-corrected chi connectivity index (χ1v) is 7.07. The first-order chi connectivity index (χ1) is 9.98. The van der Waals surface area contributed by atoms with Gasteiger partial charge in [-0.05, 0) is 12.8 Å². The Morgan fingerprint density at radius 1 is 0.818 bits per heavy atom. The van der Waals surface area contributed by atoms with Gasteiger partial charge in [-0.25, -0.2) is 4.79 Å². The lowest BCUT2D eigenvalue weighted by Gasteiger charge is -2.26. The molecular weight excluding hydrogens is 345 g/mol. The minimum atomic E-state index is -6.54. The fourth-order valence-electron chi connectivity index (χ4n) is 1.47. The number of ether oxygens (including phenoxy) is 1. The predicted octanol–water partition coefficient (Wildman–Crippen LogP) is 4.94. The normalized spacial score (nSPS) is 13.3. The molecule has 2 nitrogen and oxygen atoms in total. The van der Waals surface area contributed by atoms with Crippen molar-refractivity contribution in [2.45, 2.75) is 56.5 Å². The fraction of sp³-hybridized carbons (Fsp3) is 0.917. The third kappa shape index (κ3) is 5.81. The van der Waals surface area contributed by atoms with Crippen molar-refractivity contribution in [1.29, 1.82) is 0 Å². The molecule has 10 heteroatoms. The van der Waals surface area contributed by atoms with E-state index in [9.17, 15) is 35.5 Å². The number of hydrogen-bond acceptors (Lipinski definition) is 2. The molecule has 0 aliphatic heterocycles. The van der Waals surface area contributed by atoms with Crippen LogP contribution in [0.15, 0.2) is 0 Å². The van der Waals surface area contributed by atoms with Gasteiger partial charge in [0.25, 0.3) is 0 Å². The topological polar surface area (TPSA) is 26.3 Å². The highest BCUT2D eigenvalue weighted by molar-refractivity contribution is 6.17. The Balaban J connectivity index is 4.16. The summed E-state index contributed by atoms with van der Waals surface area (Å²) in [4.78, 5) is 10.8. The van der Waals surface area contributed by atoms with Gasteiger partial charge in [0.05, 0.1) is 6.61 Å². The monoisotopic (exact) mass is 360 g/mol. The summed E-state index contributed by atoms with van der Waals surface area (Å²) in [7, 11) is 0. The van der Waals surface area contributed by atoms with Gasteiger partial charge in [0.15, 0.2) is 0 Å². The van der Waals surface area contributed by atoms with Crippen LogP contribution in [-0.2, 0) is 9.53 Å². The number of carbonyl (C=O) groups excluding carboxylic acids is 1. The van der Waals surface area contributed by atoms with Crippen LogP contribution >= 0.6 is 11.6 Å². The number of rotatable bonds is 10. The molecule has 0 radical (unpaired) electrons. The van der Waals surface area contributed by atoms with Crippen LogP contribution in [0.4, 0.5) is 30.7 Å². The van der Waals surface area contributed by atoms with E-state index in [1.807, 2.05) is 0 Å². The highest BCUT2D eigenvalue weighted by atomic mass is 35.5. The maximum absolute atomic E-state index is 12.8. The molecule has 0 N–H and O–H groups in total. The molecule has 0 atom stereocenters. The molecular formula is C12H16ClF7O2. The molecule has 0 aromatic rings. The summed E-state index contributed by atoms with van der Waals surface area (Å²) in [5, 5.41) is 0. The van der Waals surface area contributed by atoms with Gasteiger partial charge in [-0.2, -0.15) is 30.7 Å². The van der Waals surface area contributed by atoms with Gasteiger partial charge in [-0.15, -0.1) is 11.6 Å². The molecule has 0 aromatic carbocycles. The molecule has 0 unspecified atom stereocenters. The molecule has 0 aliphatic rings. The van der Waals surface area contributed by atoms with Crippen LogP contribution in [0.1, 0.15) is 38.5 Å². The van der Waals surface area contributed by atoms with Crippen LogP contribution in [-0.4, -0.2) is 36.5 Å². The molecule has 0 bridgehead atoms. The van der Waals surface area contributed by atoms with Crippen LogP contribution in [0.25, 0.3) is 0 Å². The highest BCUT2D eigenvalue weighted by Crippen LogP contribution is 2.46. The lowest BCUT2D eigenvalue weighted by atomic mass is 10.1. The van der Waals surface area contributed by atoms with Gasteiger partial charge in [-0.3, -0.25) is 0 Å². The van der Waals surface area contributed by atoms with E-state index in [2.05, 4.69) is 4.74 Å². The molecule has 0 amide bonds. The van der Waals surface area contributed by atoms with Crippen LogP contribution in [0.5, 0.6) is 0 Å². The van der Waals surface area contributed by atoms with Gasteiger partial charge in [-0.1, -0.05) is 25.7 Å². The summed E-state index contributed by atoms with van der Waals surface area (Å²) in [6, 6.07) is 0. The van der Waals surface area contributed by atoms with Gasteiger partial charge < -0.3 is 4.74 Å². The molecule has 0 aromatic heterocycles. The Hall–Kier alpha value is -0.730. The quantitative estimate of drug-likeness (QED) is 0.239. The van der Waals surface area contributed by atoms with E-state index in [0.717, 1.165) is 19.3 Å². The van der Waals surface area contributed by atoms with Crippen molar-refractivity contribution in [3.05, 3.63) is 0 Å². The lowest BCUT2D eigenvalue weighted by Crippen LogP contribution is -2.56. The molecule has 0 aliphatic carbocycles. The Morgan fingerprint density at radius 2 is 1.27 bits per heavy atom. The Bertz CT molecular complexity index is 345. The van der Waals surface area contributed by atoms with Crippen molar-refractivity contribution in [2.24, 2.45) is 0 Å². The molecule has 22 heavy (non-hydrogen) atoms. The maximum atomic E-state index is 12.8. The molecule has 0 saturated heterocycles. The van der Waals surface area contributed by atoms with Crippen molar-refractivity contribution in [1.82, 2.24) is 0 Å². The van der Waals surface area contributed by atoms with Gasteiger partial charge in [0.2, 0.25) is 0 Å². The Kier molecular flexibility index (Phi) is 8.49. The van der Waals surface area contributed by atoms with Gasteiger partial charge >= 0.3 is 24.0 Å². The second-order valence-corrected chi connectivity index (χ2v) is 4.97. The van der Waals surface area contributed by atoms with Gasteiger partial charge in [0, 0.05) is 5.88 Å². The summed E-state index contributed by atoms with van der Waals surface area (Å²) in [6.07, 6.45) is -2.81. The molecule has 0 heterocycles. The summed E-state index contributed by atoms with van der Waals surface area (Å²) < 4.78 is 90.1. The minimum Gasteiger partial charge on any atom is -0.461 e. The van der Waals surface area contributed by atoms with Crippen molar-refractivity contribution in [2.75, 3.05) is 12.5 Å². The largest absolute Gasteiger partial charge is 0.461 e. The number of carbonyl (C=O) groups is 1. The number of alkyl halides is 8. The van der Waals surface area contributed by atoms with Crippen molar-refractivity contribution in [3.63, 3.8) is 0 Å². The zero-order valence-electron chi connectivity index (χ0n) is 11.5. The third-order valence-electron chi connectivity index (χ3n) is 2.77. The Morgan fingerprint density at radius 3 is 1.73 bits per heavy atom. The predicted molar refractivity (Wildman–Crippen MR) is 65.3 cm³/mol. The molecule has 0 saturated carbocycles. The SMILES string of the molecule is O=C(OCCCCCCCCCl)C(F)(F)C(F)(F)C(F)(F)F. The van der Waals surface area contributed by atoms with E-state index < -0.39 is 30.6 Å². The zero-order chi connectivity index (χ0) is 17.4. The fourth-order valence-corrected chi connectivity index (χ4v) is 1.65. The second-order valence-electron chi connectivity index (χ2n) is 4.59. The minimum absolute atomic E-state index is 0.0975. The van der Waals surface area contributed by atoms with Crippen LogP contribution < -0.4 is 0 Å². The van der Waals surface area contributed by atoms with E-state index in [0.29, 0.717) is 18.7 Å². The summed E-state index contributed by atoms with van der Waals surface area (Å²) in [5.41, 5.74) is 0. The van der Waals surface area contributed by atoms with Crippen LogP contribution in [0, 0.1) is 0 Å². The highest BCUT2D eigenvalue weighted by Gasteiger charge is 2.77. The average Bonchev–Trinajstić information content (AvgIpc) is 2.39. The molecule has 132 valence electrons. The summed E-state index contributed by atoms with van der Waals surface area (Å²) >= 11 is 5.44. The van der Waals surface area contributed by atoms with E-state index in [-0.39, 0.29) is 6.42 Å². The lowest BCUT2D eigenvalue weighted by molar-refractivity contribution is -0.348. The van der Waals surface area contributed by atoms with E-state index in [4.69, 9.17) is 11.6 Å². The zero-order valence-corrected chi connectivity index (χ0v) is 12.3. The van der Waals surface area contributed by atoms with Crippen molar-refractivity contribution in [3.8, 4) is 0 Å². The average molecular weight is 361 g/mol. The van der Waals surface area contributed by atoms with Crippen LogP contribution in [0.3, 0.4) is 0 Å². The first-order valence-electron chi connectivity index (χ1n) is 6.54. The number of esters is 1. The van der Waals surface area contributed by atoms with Crippen LogP contribution in [0.2, 0.25) is 0 Å². The summed E-state index contributed by atoms with van der Waals surface area (Å²) in [5.74, 6) is -14.8. The second kappa shape index (κ2) is 8.79. The molecule has 0 rings (SSSR count). The van der Waals surface area contributed by atoms with E-state index >= 15 is 0 Å². The molecule has 0 fully saturated rings. The van der Waals surface area contributed by atoms with Crippen molar-refractivity contribution >= 4 is 17.6 Å². The number of hydrogen-bond donors (Lipinski definition) is 0. The standard InChI is InChI=1S/C12H16ClF7O2/c13-7-5-3-1-2-4-6-8-22-9(21)10(14,15)11(16,17)12(18,19)20/h1-8H2. The Labute approximate surface area is 127 Å². The maximum Gasteiger partial charge on any atom is 0.460 e. The number of unbranched alkanes of at least 4 members (excludes halogenated alkanes) is 5. The van der Waals surface area contributed by atoms with Crippen molar-refractivity contribution < 1.29 is 40.3 Å². The van der Waals surface area contributed by atoms with Gasteiger partial charge in [0.1, 0.15) is 0 Å². The number of halogens is 8. The third-order valence-corrected chi connectivity index (χ3v) is 3.04. The summed E-state index contributed by atoms with van der Waals surface area (Å²) in [6.45, 7) is -0.641. The first kappa shape index (κ1) is 21.3. The smallest absolute Gasteiger partial charge is 0.460 e.